The number of aliphatic hydroxyl groups is 2. The molecule has 162 valence electrons. The predicted molar refractivity (Wildman–Crippen MR) is 103 cm³/mol. The fourth-order valence-electron chi connectivity index (χ4n) is 3.97. The molecule has 2 aliphatic rings. The van der Waals surface area contributed by atoms with Crippen LogP contribution in [0.25, 0.3) is 0 Å². The van der Waals surface area contributed by atoms with Gasteiger partial charge in [0.1, 0.15) is 30.2 Å². The summed E-state index contributed by atoms with van der Waals surface area (Å²) in [5.74, 6) is -0.523. The van der Waals surface area contributed by atoms with Gasteiger partial charge in [0, 0.05) is 11.8 Å². The van der Waals surface area contributed by atoms with E-state index in [1.165, 1.54) is 13.3 Å². The maximum Gasteiger partial charge on any atom is 0.330 e. The maximum absolute atomic E-state index is 12.6. The van der Waals surface area contributed by atoms with Gasteiger partial charge in [0.05, 0.1) is 19.3 Å². The van der Waals surface area contributed by atoms with Crippen molar-refractivity contribution >= 4 is 0 Å². The normalized spacial score (nSPS) is 28.3. The van der Waals surface area contributed by atoms with Gasteiger partial charge in [-0.25, -0.2) is 4.79 Å². The zero-order chi connectivity index (χ0) is 21.6. The van der Waals surface area contributed by atoms with E-state index in [0.717, 1.165) is 4.57 Å². The minimum atomic E-state index is -1.35. The highest BCUT2D eigenvalue weighted by Gasteiger charge is 2.56. The largest absolute Gasteiger partial charge is 0.496 e. The molecule has 3 N–H and O–H groups in total. The molecule has 2 aromatic rings. The highest BCUT2D eigenvalue weighted by molar-refractivity contribution is 5.39. The van der Waals surface area contributed by atoms with Crippen LogP contribution in [0.4, 0.5) is 0 Å². The Hall–Kier alpha value is -2.50. The SMILES string of the molecule is COc1ccccc1C(O)c1cn([C@@H]2O[C@H](CO)[C@H]3OC(C)(C)O[C@H]32)c(=O)[nH]c1=O. The van der Waals surface area contributed by atoms with Gasteiger partial charge in [-0.15, -0.1) is 0 Å². The average Bonchev–Trinajstić information content (AvgIpc) is 3.20. The van der Waals surface area contributed by atoms with Gasteiger partial charge in [-0.05, 0) is 19.9 Å². The van der Waals surface area contributed by atoms with Crippen molar-refractivity contribution in [3.05, 3.63) is 62.4 Å². The van der Waals surface area contributed by atoms with Crippen LogP contribution in [0, 0.1) is 0 Å². The lowest BCUT2D eigenvalue weighted by Gasteiger charge is -2.25. The number of aromatic nitrogens is 2. The van der Waals surface area contributed by atoms with E-state index in [9.17, 15) is 19.8 Å². The van der Waals surface area contributed by atoms with Gasteiger partial charge >= 0.3 is 5.69 Å². The van der Waals surface area contributed by atoms with Gasteiger partial charge < -0.3 is 29.2 Å². The third-order valence-corrected chi connectivity index (χ3v) is 5.30. The molecule has 1 aromatic heterocycles. The van der Waals surface area contributed by atoms with Crippen LogP contribution in [0.15, 0.2) is 40.1 Å². The maximum atomic E-state index is 12.6. The number of ether oxygens (including phenoxy) is 4. The molecule has 4 rings (SSSR count). The number of rotatable bonds is 5. The van der Waals surface area contributed by atoms with Crippen LogP contribution in [0.3, 0.4) is 0 Å². The van der Waals surface area contributed by atoms with Crippen molar-refractivity contribution < 1.29 is 29.2 Å². The second-order valence-electron chi connectivity index (χ2n) is 7.71. The number of hydrogen-bond acceptors (Lipinski definition) is 8. The molecule has 0 spiro atoms. The molecule has 1 unspecified atom stereocenters. The van der Waals surface area contributed by atoms with Crippen LogP contribution < -0.4 is 16.0 Å². The van der Waals surface area contributed by atoms with Crippen molar-refractivity contribution in [1.29, 1.82) is 0 Å². The van der Waals surface area contributed by atoms with Crippen molar-refractivity contribution in [2.24, 2.45) is 0 Å². The molecule has 2 saturated heterocycles. The summed E-state index contributed by atoms with van der Waals surface area (Å²) in [6, 6.07) is 6.72. The van der Waals surface area contributed by atoms with Gasteiger partial charge in [-0.3, -0.25) is 14.3 Å². The molecule has 1 aromatic carbocycles. The first-order chi connectivity index (χ1) is 14.3. The number of fused-ring (bicyclic) bond motifs is 1. The van der Waals surface area contributed by atoms with E-state index in [0.29, 0.717) is 11.3 Å². The van der Waals surface area contributed by atoms with Crippen molar-refractivity contribution in [3.8, 4) is 5.75 Å². The Morgan fingerprint density at radius 2 is 1.90 bits per heavy atom. The van der Waals surface area contributed by atoms with Crippen LogP contribution in [-0.2, 0) is 14.2 Å². The molecule has 0 radical (unpaired) electrons. The van der Waals surface area contributed by atoms with E-state index in [-0.39, 0.29) is 12.2 Å². The summed E-state index contributed by atoms with van der Waals surface area (Å²) < 4.78 is 23.9. The van der Waals surface area contributed by atoms with E-state index in [2.05, 4.69) is 4.98 Å². The van der Waals surface area contributed by atoms with Crippen LogP contribution in [0.2, 0.25) is 0 Å². The van der Waals surface area contributed by atoms with E-state index in [1.54, 1.807) is 38.1 Å². The summed E-state index contributed by atoms with van der Waals surface area (Å²) in [7, 11) is 1.46. The molecule has 2 fully saturated rings. The third kappa shape index (κ3) is 3.46. The van der Waals surface area contributed by atoms with E-state index in [1.807, 2.05) is 0 Å². The lowest BCUT2D eigenvalue weighted by molar-refractivity contribution is -0.200. The number of nitrogens with zero attached hydrogens (tertiary/aromatic N) is 1. The Labute approximate surface area is 171 Å². The first-order valence-corrected chi connectivity index (χ1v) is 9.54. The predicted octanol–water partition coefficient (Wildman–Crippen LogP) is 0.0367. The van der Waals surface area contributed by atoms with Crippen LogP contribution in [0.5, 0.6) is 5.75 Å². The molecular weight excluding hydrogens is 396 g/mol. The number of hydrogen-bond donors (Lipinski definition) is 3. The fraction of sp³-hybridized carbons (Fsp3) is 0.500. The van der Waals surface area contributed by atoms with Crippen LogP contribution in [-0.4, -0.2) is 57.6 Å². The van der Waals surface area contributed by atoms with Gasteiger partial charge in [0.15, 0.2) is 12.0 Å². The monoisotopic (exact) mass is 420 g/mol. The smallest absolute Gasteiger partial charge is 0.330 e. The second kappa shape index (κ2) is 7.64. The molecule has 10 heteroatoms. The fourth-order valence-corrected chi connectivity index (χ4v) is 3.97. The molecule has 3 heterocycles. The summed E-state index contributed by atoms with van der Waals surface area (Å²) in [4.78, 5) is 27.3. The van der Waals surface area contributed by atoms with Crippen molar-refractivity contribution in [1.82, 2.24) is 9.55 Å². The number of H-pyrrole nitrogens is 1. The minimum Gasteiger partial charge on any atom is -0.496 e. The number of nitrogens with one attached hydrogen (secondary N) is 1. The zero-order valence-electron chi connectivity index (χ0n) is 16.8. The number of aromatic amines is 1. The molecule has 0 saturated carbocycles. The van der Waals surface area contributed by atoms with Gasteiger partial charge in [0.2, 0.25) is 0 Å². The molecule has 2 aliphatic heterocycles. The van der Waals surface area contributed by atoms with E-state index < -0.39 is 47.7 Å². The average molecular weight is 420 g/mol. The standard InChI is InChI=1S/C20H24N2O8/c1-20(2)29-15-13(9-23)28-18(16(15)30-20)22-8-11(17(25)21-19(22)26)14(24)10-6-4-5-7-12(10)27-3/h4-8,13-16,18,23-24H,9H2,1-3H3,(H,21,25,26)/t13-,14?,15-,16-,18-/m1/s1. The Morgan fingerprint density at radius 1 is 1.20 bits per heavy atom. The molecular formula is C20H24N2O8. The Bertz CT molecular complexity index is 1050. The quantitative estimate of drug-likeness (QED) is 0.618. The Kier molecular flexibility index (Phi) is 5.28. The number of methoxy groups -OCH3 is 1. The summed E-state index contributed by atoms with van der Waals surface area (Å²) in [5.41, 5.74) is -1.15. The highest BCUT2D eigenvalue weighted by atomic mass is 16.8. The van der Waals surface area contributed by atoms with Gasteiger partial charge in [0.25, 0.3) is 5.56 Å². The first-order valence-electron chi connectivity index (χ1n) is 9.54. The van der Waals surface area contributed by atoms with Crippen LogP contribution >= 0.6 is 0 Å². The van der Waals surface area contributed by atoms with Crippen LogP contribution in [0.1, 0.15) is 37.3 Å². The molecule has 0 bridgehead atoms. The minimum absolute atomic E-state index is 0.0649. The second-order valence-corrected chi connectivity index (χ2v) is 7.71. The summed E-state index contributed by atoms with van der Waals surface area (Å²) >= 11 is 0. The number of aliphatic hydroxyl groups excluding tert-OH is 2. The first kappa shape index (κ1) is 20.8. The van der Waals surface area contributed by atoms with Crippen molar-refractivity contribution in [3.63, 3.8) is 0 Å². The molecule has 5 atom stereocenters. The lowest BCUT2D eigenvalue weighted by Crippen LogP contribution is -2.39. The Morgan fingerprint density at radius 3 is 2.60 bits per heavy atom. The molecule has 0 aliphatic carbocycles. The molecule has 30 heavy (non-hydrogen) atoms. The van der Waals surface area contributed by atoms with E-state index in [4.69, 9.17) is 18.9 Å². The number of benzene rings is 1. The molecule has 0 amide bonds. The molecule has 10 nitrogen and oxygen atoms in total. The van der Waals surface area contributed by atoms with Crippen molar-refractivity contribution in [2.45, 2.75) is 50.3 Å². The third-order valence-electron chi connectivity index (χ3n) is 5.30. The van der Waals surface area contributed by atoms with E-state index >= 15 is 0 Å². The lowest BCUT2D eigenvalue weighted by atomic mass is 10.0. The summed E-state index contributed by atoms with van der Waals surface area (Å²) in [5, 5.41) is 20.5. The highest BCUT2D eigenvalue weighted by Crippen LogP contribution is 2.42. The van der Waals surface area contributed by atoms with Gasteiger partial charge in [-0.1, -0.05) is 18.2 Å². The Balaban J connectivity index is 1.76. The topological polar surface area (TPSA) is 132 Å². The number of para-hydroxylation sites is 1. The zero-order valence-corrected chi connectivity index (χ0v) is 16.8. The summed E-state index contributed by atoms with van der Waals surface area (Å²) in [6.45, 7) is 3.12. The van der Waals surface area contributed by atoms with Gasteiger partial charge in [-0.2, -0.15) is 0 Å². The summed E-state index contributed by atoms with van der Waals surface area (Å²) in [6.07, 6.45) is -3.03. The van der Waals surface area contributed by atoms with Crippen molar-refractivity contribution in [2.75, 3.05) is 13.7 Å².